The fraction of sp³-hybridized carbons (Fsp3) is 0.462. The minimum Gasteiger partial charge on any atom is -0.492 e. The zero-order chi connectivity index (χ0) is 25.8. The van der Waals surface area contributed by atoms with E-state index in [0.29, 0.717) is 31.6 Å². The maximum absolute atomic E-state index is 13.5. The summed E-state index contributed by atoms with van der Waals surface area (Å²) in [5, 5.41) is 6.48. The van der Waals surface area contributed by atoms with Crippen LogP contribution in [0.2, 0.25) is 0 Å². The Bertz CT molecular complexity index is 1080. The number of benzene rings is 2. The average Bonchev–Trinajstić information content (AvgIpc) is 3.67. The molecule has 2 aliphatic rings. The summed E-state index contributed by atoms with van der Waals surface area (Å²) in [5.41, 5.74) is -0.794. The van der Waals surface area contributed by atoms with Crippen molar-refractivity contribution in [2.24, 2.45) is 0 Å². The van der Waals surface area contributed by atoms with Crippen molar-refractivity contribution in [1.29, 1.82) is 0 Å². The second-order valence-corrected chi connectivity index (χ2v) is 9.10. The molecule has 0 spiro atoms. The van der Waals surface area contributed by atoms with Crippen molar-refractivity contribution < 1.29 is 37.0 Å². The number of halogens is 3. The van der Waals surface area contributed by atoms with Crippen molar-refractivity contribution in [3.8, 4) is 5.75 Å². The molecule has 4 rings (SSSR count). The predicted octanol–water partition coefficient (Wildman–Crippen LogP) is 3.82. The van der Waals surface area contributed by atoms with E-state index in [4.69, 9.17) is 14.2 Å². The number of ether oxygens (including phenoxy) is 3. The smallest absolute Gasteiger partial charge is 0.416 e. The first kappa shape index (κ1) is 26.0. The second kappa shape index (κ2) is 10.5. The molecule has 2 aromatic carbocycles. The lowest BCUT2D eigenvalue weighted by atomic mass is 9.88. The lowest BCUT2D eigenvalue weighted by Crippen LogP contribution is -2.61. The minimum atomic E-state index is -4.44. The molecule has 0 unspecified atom stereocenters. The molecule has 0 atom stereocenters. The van der Waals surface area contributed by atoms with Crippen molar-refractivity contribution in [2.75, 3.05) is 33.5 Å². The van der Waals surface area contributed by atoms with Crippen LogP contribution in [0.25, 0.3) is 0 Å². The highest BCUT2D eigenvalue weighted by Gasteiger charge is 2.50. The number of hydrogen-bond donors (Lipinski definition) is 2. The summed E-state index contributed by atoms with van der Waals surface area (Å²) in [6.07, 6.45) is -1.97. The highest BCUT2D eigenvalue weighted by atomic mass is 19.4. The molecule has 194 valence electrons. The molecule has 0 aromatic heterocycles. The van der Waals surface area contributed by atoms with Crippen LogP contribution in [0, 0.1) is 0 Å². The third-order valence-electron chi connectivity index (χ3n) is 6.74. The van der Waals surface area contributed by atoms with Crippen LogP contribution in [0.15, 0.2) is 48.5 Å². The van der Waals surface area contributed by atoms with E-state index in [0.717, 1.165) is 30.5 Å². The van der Waals surface area contributed by atoms with Gasteiger partial charge in [-0.15, -0.1) is 0 Å². The zero-order valence-electron chi connectivity index (χ0n) is 20.0. The van der Waals surface area contributed by atoms with Crippen LogP contribution in [0.1, 0.15) is 47.2 Å². The summed E-state index contributed by atoms with van der Waals surface area (Å²) >= 11 is 0. The molecule has 0 bridgehead atoms. The number of amides is 1. The third kappa shape index (κ3) is 5.82. The number of hydrogen-bond acceptors (Lipinski definition) is 6. The molecule has 2 N–H and O–H groups in total. The van der Waals surface area contributed by atoms with Crippen molar-refractivity contribution in [3.05, 3.63) is 65.2 Å². The summed E-state index contributed by atoms with van der Waals surface area (Å²) in [4.78, 5) is 25.2. The summed E-state index contributed by atoms with van der Waals surface area (Å²) in [7, 11) is 1.32. The number of alkyl halides is 3. The van der Waals surface area contributed by atoms with E-state index < -0.39 is 28.8 Å². The van der Waals surface area contributed by atoms with Crippen LogP contribution in [0.5, 0.6) is 5.75 Å². The number of carbonyl (C=O) groups excluding carboxylic acids is 2. The molecule has 1 saturated heterocycles. The first-order valence-electron chi connectivity index (χ1n) is 11.8. The molecule has 0 radical (unpaired) electrons. The molecule has 1 heterocycles. The number of nitrogens with one attached hydrogen (secondary N) is 2. The van der Waals surface area contributed by atoms with Gasteiger partial charge in [-0.2, -0.15) is 13.2 Å². The van der Waals surface area contributed by atoms with Crippen LogP contribution >= 0.6 is 0 Å². The van der Waals surface area contributed by atoms with E-state index in [-0.39, 0.29) is 24.8 Å². The van der Waals surface area contributed by atoms with Crippen LogP contribution in [-0.4, -0.2) is 50.9 Å². The molecule has 2 fully saturated rings. The maximum Gasteiger partial charge on any atom is 0.416 e. The topological polar surface area (TPSA) is 85.9 Å². The highest BCUT2D eigenvalue weighted by Crippen LogP contribution is 2.46. The fourth-order valence-electron chi connectivity index (χ4n) is 4.42. The molecular weight excluding hydrogens is 477 g/mol. The van der Waals surface area contributed by atoms with Crippen molar-refractivity contribution in [3.63, 3.8) is 0 Å². The highest BCUT2D eigenvalue weighted by molar-refractivity contribution is 5.89. The third-order valence-corrected chi connectivity index (χ3v) is 6.74. The van der Waals surface area contributed by atoms with E-state index in [2.05, 4.69) is 10.6 Å². The van der Waals surface area contributed by atoms with Crippen LogP contribution in [0.4, 0.5) is 13.2 Å². The molecule has 2 aromatic rings. The van der Waals surface area contributed by atoms with Gasteiger partial charge in [0.05, 0.1) is 23.8 Å². The Morgan fingerprint density at radius 3 is 2.33 bits per heavy atom. The number of carbonyl (C=O) groups is 2. The molecule has 1 amide bonds. The lowest BCUT2D eigenvalue weighted by molar-refractivity contribution is -0.137. The van der Waals surface area contributed by atoms with Gasteiger partial charge in [0.2, 0.25) is 5.91 Å². The SMILES string of the molecule is COC(=O)c1ccc(C2(NC(=O)C3(NCCOc4cccc(C(F)(F)F)c4)CCOCC3)CC2)cc1. The largest absolute Gasteiger partial charge is 0.492 e. The second-order valence-electron chi connectivity index (χ2n) is 9.10. The Morgan fingerprint density at radius 1 is 1.03 bits per heavy atom. The number of esters is 1. The summed E-state index contributed by atoms with van der Waals surface area (Å²) in [6.45, 7) is 1.19. The first-order valence-corrected chi connectivity index (χ1v) is 11.8. The van der Waals surface area contributed by atoms with E-state index in [1.807, 2.05) is 12.1 Å². The van der Waals surface area contributed by atoms with Gasteiger partial charge in [0.1, 0.15) is 17.9 Å². The molecule has 36 heavy (non-hydrogen) atoms. The Labute approximate surface area is 207 Å². The summed E-state index contributed by atoms with van der Waals surface area (Å²) < 4.78 is 54.5. The molecule has 1 saturated carbocycles. The van der Waals surface area contributed by atoms with Gasteiger partial charge in [-0.25, -0.2) is 4.79 Å². The van der Waals surface area contributed by atoms with Gasteiger partial charge in [-0.1, -0.05) is 18.2 Å². The van der Waals surface area contributed by atoms with E-state index in [1.165, 1.54) is 19.2 Å². The maximum atomic E-state index is 13.5. The van der Waals surface area contributed by atoms with Gasteiger partial charge < -0.3 is 19.5 Å². The van der Waals surface area contributed by atoms with Gasteiger partial charge in [0.15, 0.2) is 0 Å². The number of rotatable bonds is 9. The average molecular weight is 507 g/mol. The molecule has 1 aliphatic carbocycles. The monoisotopic (exact) mass is 506 g/mol. The summed E-state index contributed by atoms with van der Waals surface area (Å²) in [6, 6.07) is 11.7. The quantitative estimate of drug-likeness (QED) is 0.398. The standard InChI is InChI=1S/C26H29F3N2O5/c1-34-22(32)18-5-7-19(8-6-18)24(9-10-24)31-23(33)25(11-14-35-15-12-25)30-13-16-36-21-4-2-3-20(17-21)26(27,28)29/h2-8,17,30H,9-16H2,1H3,(H,31,33). The lowest BCUT2D eigenvalue weighted by Gasteiger charge is -2.38. The van der Waals surface area contributed by atoms with Gasteiger partial charge in [0, 0.05) is 19.8 Å². The van der Waals surface area contributed by atoms with Crippen LogP contribution in [0.3, 0.4) is 0 Å². The molecular formula is C26H29F3N2O5. The predicted molar refractivity (Wildman–Crippen MR) is 125 cm³/mol. The normalized spacial score (nSPS) is 18.2. The van der Waals surface area contributed by atoms with Crippen molar-refractivity contribution in [1.82, 2.24) is 10.6 Å². The molecule has 10 heteroatoms. The summed E-state index contributed by atoms with van der Waals surface area (Å²) in [5.74, 6) is -0.461. The Balaban J connectivity index is 1.38. The first-order chi connectivity index (χ1) is 17.2. The van der Waals surface area contributed by atoms with Crippen LogP contribution < -0.4 is 15.4 Å². The van der Waals surface area contributed by atoms with Gasteiger partial charge in [-0.3, -0.25) is 10.1 Å². The van der Waals surface area contributed by atoms with Gasteiger partial charge in [-0.05, 0) is 61.6 Å². The zero-order valence-corrected chi connectivity index (χ0v) is 20.0. The van der Waals surface area contributed by atoms with Crippen molar-refractivity contribution >= 4 is 11.9 Å². The van der Waals surface area contributed by atoms with Crippen molar-refractivity contribution in [2.45, 2.75) is 42.9 Å². The minimum absolute atomic E-state index is 0.0946. The number of methoxy groups -OCH3 is 1. The fourth-order valence-corrected chi connectivity index (χ4v) is 4.42. The molecule has 7 nitrogen and oxygen atoms in total. The van der Waals surface area contributed by atoms with Gasteiger partial charge >= 0.3 is 12.1 Å². The van der Waals surface area contributed by atoms with E-state index in [1.54, 1.807) is 12.1 Å². The van der Waals surface area contributed by atoms with E-state index in [9.17, 15) is 22.8 Å². The van der Waals surface area contributed by atoms with Crippen LogP contribution in [-0.2, 0) is 26.0 Å². The molecule has 1 aliphatic heterocycles. The Morgan fingerprint density at radius 2 is 1.72 bits per heavy atom. The van der Waals surface area contributed by atoms with E-state index >= 15 is 0 Å². The van der Waals surface area contributed by atoms with Gasteiger partial charge in [0.25, 0.3) is 0 Å². The Hall–Kier alpha value is -3.11. The Kier molecular flexibility index (Phi) is 7.56.